The summed E-state index contributed by atoms with van der Waals surface area (Å²) in [7, 11) is 0. The van der Waals surface area contributed by atoms with Crippen LogP contribution in [0.5, 0.6) is 0 Å². The van der Waals surface area contributed by atoms with Crippen molar-refractivity contribution >= 4 is 29.2 Å². The minimum absolute atomic E-state index is 0. The van der Waals surface area contributed by atoms with E-state index in [0.717, 1.165) is 42.4 Å². The molecule has 4 rings (SSSR count). The maximum atomic E-state index is 12.6. The Morgan fingerprint density at radius 3 is 3.00 bits per heavy atom. The molecular formula is C20H26ClN5O2. The van der Waals surface area contributed by atoms with Crippen LogP contribution in [0.3, 0.4) is 0 Å². The van der Waals surface area contributed by atoms with Crippen molar-refractivity contribution in [3.05, 3.63) is 54.0 Å². The summed E-state index contributed by atoms with van der Waals surface area (Å²) >= 11 is 0. The van der Waals surface area contributed by atoms with Crippen molar-refractivity contribution in [1.82, 2.24) is 25.4 Å². The average Bonchev–Trinajstić information content (AvgIpc) is 3.36. The molecule has 0 aliphatic carbocycles. The number of aliphatic hydroxyl groups is 1. The Hall–Kier alpha value is -2.35. The van der Waals surface area contributed by atoms with Crippen molar-refractivity contribution < 1.29 is 9.90 Å². The predicted molar refractivity (Wildman–Crippen MR) is 111 cm³/mol. The minimum atomic E-state index is -0.363. The van der Waals surface area contributed by atoms with Crippen LogP contribution < -0.4 is 10.6 Å². The predicted octanol–water partition coefficient (Wildman–Crippen LogP) is 2.04. The third kappa shape index (κ3) is 4.38. The lowest BCUT2D eigenvalue weighted by molar-refractivity contribution is 0.0910. The second-order valence-corrected chi connectivity index (χ2v) is 7.10. The summed E-state index contributed by atoms with van der Waals surface area (Å²) in [6, 6.07) is 9.68. The Balaban J connectivity index is 0.00000225. The Bertz CT molecular complexity index is 916. The molecule has 1 aliphatic rings. The number of rotatable bonds is 6. The van der Waals surface area contributed by atoms with E-state index in [4.69, 9.17) is 0 Å². The molecule has 0 bridgehead atoms. The number of para-hydroxylation sites is 1. The number of amides is 1. The molecule has 2 aromatic heterocycles. The van der Waals surface area contributed by atoms with Gasteiger partial charge in [0.05, 0.1) is 18.7 Å². The highest BCUT2D eigenvalue weighted by Gasteiger charge is 2.20. The summed E-state index contributed by atoms with van der Waals surface area (Å²) in [5, 5.41) is 21.6. The zero-order valence-electron chi connectivity index (χ0n) is 15.6. The smallest absolute Gasteiger partial charge is 0.272 e. The van der Waals surface area contributed by atoms with E-state index in [2.05, 4.69) is 20.7 Å². The van der Waals surface area contributed by atoms with Crippen molar-refractivity contribution in [2.24, 2.45) is 0 Å². The maximum absolute atomic E-state index is 12.6. The number of piperidine rings is 1. The number of carbonyl (C=O) groups is 1. The van der Waals surface area contributed by atoms with Gasteiger partial charge in [-0.1, -0.05) is 18.2 Å². The van der Waals surface area contributed by atoms with Gasteiger partial charge in [0, 0.05) is 29.8 Å². The van der Waals surface area contributed by atoms with E-state index in [1.807, 2.05) is 41.3 Å². The molecule has 8 heteroatoms. The van der Waals surface area contributed by atoms with Crippen LogP contribution in [0.1, 0.15) is 34.9 Å². The first-order valence-corrected chi connectivity index (χ1v) is 9.47. The molecule has 7 nitrogen and oxygen atoms in total. The number of benzene rings is 1. The van der Waals surface area contributed by atoms with Gasteiger partial charge in [-0.05, 0) is 43.5 Å². The number of fused-ring (bicyclic) bond motifs is 1. The topological polar surface area (TPSA) is 95.0 Å². The van der Waals surface area contributed by atoms with Crippen molar-refractivity contribution in [1.29, 1.82) is 0 Å². The summed E-state index contributed by atoms with van der Waals surface area (Å²) < 4.78 is 1.87. The van der Waals surface area contributed by atoms with Gasteiger partial charge < -0.3 is 20.7 Å². The van der Waals surface area contributed by atoms with Crippen LogP contribution in [0.4, 0.5) is 0 Å². The average molecular weight is 404 g/mol. The number of nitrogens with zero attached hydrogens (tertiary/aromatic N) is 2. The second kappa shape index (κ2) is 9.23. The molecule has 1 amide bonds. The number of hydrogen-bond acceptors (Lipinski definition) is 4. The van der Waals surface area contributed by atoms with Crippen LogP contribution in [-0.2, 0) is 6.42 Å². The SMILES string of the molecule is Cl.O=C(NC(CO)Cc1c[nH]c2ccccc12)c1ccn(C2CCCNC2)n1. The minimum Gasteiger partial charge on any atom is -0.394 e. The van der Waals surface area contributed by atoms with Gasteiger partial charge >= 0.3 is 0 Å². The molecule has 2 atom stereocenters. The summed E-state index contributed by atoms with van der Waals surface area (Å²) in [6.45, 7) is 1.79. The molecule has 0 radical (unpaired) electrons. The van der Waals surface area contributed by atoms with E-state index in [0.29, 0.717) is 18.2 Å². The van der Waals surface area contributed by atoms with Crippen LogP contribution in [-0.4, -0.2) is 51.5 Å². The monoisotopic (exact) mass is 403 g/mol. The third-order valence-corrected chi connectivity index (χ3v) is 5.18. The molecule has 1 aromatic carbocycles. The Labute approximate surface area is 169 Å². The molecule has 0 saturated carbocycles. The summed E-state index contributed by atoms with van der Waals surface area (Å²) in [4.78, 5) is 15.8. The Morgan fingerprint density at radius 2 is 2.21 bits per heavy atom. The number of hydrogen-bond donors (Lipinski definition) is 4. The first-order chi connectivity index (χ1) is 13.2. The van der Waals surface area contributed by atoms with Gasteiger partial charge in [-0.15, -0.1) is 12.4 Å². The lowest BCUT2D eigenvalue weighted by Gasteiger charge is -2.23. The van der Waals surface area contributed by atoms with Gasteiger partial charge in [0.1, 0.15) is 5.69 Å². The van der Waals surface area contributed by atoms with Crippen molar-refractivity contribution in [2.75, 3.05) is 19.7 Å². The molecule has 3 aromatic rings. The fourth-order valence-electron chi connectivity index (χ4n) is 3.71. The fraction of sp³-hybridized carbons (Fsp3) is 0.400. The highest BCUT2D eigenvalue weighted by molar-refractivity contribution is 5.92. The maximum Gasteiger partial charge on any atom is 0.272 e. The third-order valence-electron chi connectivity index (χ3n) is 5.18. The van der Waals surface area contributed by atoms with Crippen molar-refractivity contribution in [2.45, 2.75) is 31.3 Å². The lowest BCUT2D eigenvalue weighted by atomic mass is 10.1. The van der Waals surface area contributed by atoms with Crippen LogP contribution in [0.15, 0.2) is 42.7 Å². The molecule has 4 N–H and O–H groups in total. The number of nitrogens with one attached hydrogen (secondary N) is 3. The number of H-pyrrole nitrogens is 1. The number of aliphatic hydroxyl groups excluding tert-OH is 1. The molecule has 150 valence electrons. The summed E-state index contributed by atoms with van der Waals surface area (Å²) in [5.74, 6) is -0.253. The number of aromatic amines is 1. The highest BCUT2D eigenvalue weighted by atomic mass is 35.5. The van der Waals surface area contributed by atoms with E-state index in [1.165, 1.54) is 0 Å². The van der Waals surface area contributed by atoms with Crippen molar-refractivity contribution in [3.63, 3.8) is 0 Å². The highest BCUT2D eigenvalue weighted by Crippen LogP contribution is 2.19. The van der Waals surface area contributed by atoms with Gasteiger partial charge in [0.15, 0.2) is 0 Å². The molecule has 1 fully saturated rings. The van der Waals surface area contributed by atoms with E-state index in [1.54, 1.807) is 6.07 Å². The van der Waals surface area contributed by atoms with Gasteiger partial charge in [0.2, 0.25) is 0 Å². The number of aromatic nitrogens is 3. The fourth-order valence-corrected chi connectivity index (χ4v) is 3.71. The zero-order chi connectivity index (χ0) is 18.6. The van der Waals surface area contributed by atoms with E-state index in [9.17, 15) is 9.90 Å². The summed E-state index contributed by atoms with van der Waals surface area (Å²) in [5.41, 5.74) is 2.51. The first-order valence-electron chi connectivity index (χ1n) is 9.47. The molecule has 3 heterocycles. The molecule has 1 aliphatic heterocycles. The number of halogens is 1. The van der Waals surface area contributed by atoms with Crippen LogP contribution in [0.25, 0.3) is 10.9 Å². The van der Waals surface area contributed by atoms with Gasteiger partial charge in [-0.3, -0.25) is 9.48 Å². The van der Waals surface area contributed by atoms with Gasteiger partial charge in [-0.2, -0.15) is 5.10 Å². The molecule has 0 spiro atoms. The van der Waals surface area contributed by atoms with Crippen LogP contribution >= 0.6 is 12.4 Å². The van der Waals surface area contributed by atoms with Crippen LogP contribution in [0.2, 0.25) is 0 Å². The van der Waals surface area contributed by atoms with E-state index >= 15 is 0 Å². The first kappa shape index (κ1) is 20.4. The number of carbonyl (C=O) groups excluding carboxylic acids is 1. The van der Waals surface area contributed by atoms with Gasteiger partial charge in [-0.25, -0.2) is 0 Å². The standard InChI is InChI=1S/C20H25N5O2.ClH/c26-13-15(10-14-11-22-18-6-2-1-5-17(14)18)23-20(27)19-7-9-25(24-19)16-4-3-8-21-12-16;/h1-2,5-7,9,11,15-16,21-22,26H,3-4,8,10,12-13H2,(H,23,27);1H. The van der Waals surface area contributed by atoms with E-state index < -0.39 is 0 Å². The second-order valence-electron chi connectivity index (χ2n) is 7.10. The normalized spacial score (nSPS) is 17.8. The lowest BCUT2D eigenvalue weighted by Crippen LogP contribution is -2.39. The van der Waals surface area contributed by atoms with Gasteiger partial charge in [0.25, 0.3) is 5.91 Å². The quantitative estimate of drug-likeness (QED) is 0.506. The van der Waals surface area contributed by atoms with E-state index in [-0.39, 0.29) is 31.0 Å². The molecule has 1 saturated heterocycles. The molecular weight excluding hydrogens is 378 g/mol. The molecule has 28 heavy (non-hydrogen) atoms. The zero-order valence-corrected chi connectivity index (χ0v) is 16.4. The molecule has 2 unspecified atom stereocenters. The van der Waals surface area contributed by atoms with Crippen LogP contribution in [0, 0.1) is 0 Å². The largest absolute Gasteiger partial charge is 0.394 e. The summed E-state index contributed by atoms with van der Waals surface area (Å²) in [6.07, 6.45) is 6.53. The van der Waals surface area contributed by atoms with Crippen molar-refractivity contribution in [3.8, 4) is 0 Å². The Morgan fingerprint density at radius 1 is 1.36 bits per heavy atom. The Kier molecular flexibility index (Phi) is 6.72.